The summed E-state index contributed by atoms with van der Waals surface area (Å²) in [6.45, 7) is -0.551. The number of urea groups is 1. The molecule has 0 saturated carbocycles. The van der Waals surface area contributed by atoms with Gasteiger partial charge in [0.25, 0.3) is 6.43 Å². The van der Waals surface area contributed by atoms with Crippen LogP contribution in [0, 0.1) is 0 Å². The zero-order valence-corrected chi connectivity index (χ0v) is 14.1. The number of alkyl halides is 2. The van der Waals surface area contributed by atoms with Crippen LogP contribution in [0.1, 0.15) is 6.42 Å². The molecule has 0 unspecified atom stereocenters. The van der Waals surface area contributed by atoms with Gasteiger partial charge < -0.3 is 20.1 Å². The van der Waals surface area contributed by atoms with E-state index in [0.29, 0.717) is 30.4 Å². The number of hydrogen-bond acceptors (Lipinski definition) is 6. The van der Waals surface area contributed by atoms with E-state index < -0.39 is 25.7 Å². The van der Waals surface area contributed by atoms with Crippen LogP contribution in [-0.2, 0) is 4.79 Å². The van der Waals surface area contributed by atoms with Crippen LogP contribution >= 0.6 is 0 Å². The van der Waals surface area contributed by atoms with Crippen LogP contribution in [0.5, 0.6) is 5.88 Å². The number of pyridine rings is 1. The summed E-state index contributed by atoms with van der Waals surface area (Å²) in [6.07, 6.45) is -0.683. The van der Waals surface area contributed by atoms with Crippen molar-refractivity contribution in [3.05, 3.63) is 12.3 Å². The number of fused-ring (bicyclic) bond motifs is 1. The van der Waals surface area contributed by atoms with Gasteiger partial charge in [-0.15, -0.1) is 5.10 Å². The number of anilines is 1. The second kappa shape index (κ2) is 8.12. The molecule has 3 heterocycles. The quantitative estimate of drug-likeness (QED) is 0.567. The van der Waals surface area contributed by atoms with Gasteiger partial charge in [0.1, 0.15) is 12.4 Å². The summed E-state index contributed by atoms with van der Waals surface area (Å²) in [5.41, 5.74) is 0.463. The highest BCUT2D eigenvalue weighted by molar-refractivity contribution is 5.92. The summed E-state index contributed by atoms with van der Waals surface area (Å²) >= 11 is 0. The van der Waals surface area contributed by atoms with E-state index in [9.17, 15) is 18.4 Å². The number of hydrogen-bond donors (Lipinski definition) is 4. The number of ether oxygens (including phenoxy) is 1. The second-order valence-corrected chi connectivity index (χ2v) is 5.93. The van der Waals surface area contributed by atoms with Crippen molar-refractivity contribution in [1.82, 2.24) is 25.4 Å². The monoisotopic (exact) mass is 384 g/mol. The number of halogens is 2. The largest absolute Gasteiger partial charge is 0.470 e. The first-order chi connectivity index (χ1) is 13.0. The number of nitrogens with zero attached hydrogens (tertiary/aromatic N) is 3. The second-order valence-electron chi connectivity index (χ2n) is 5.93. The maximum atomic E-state index is 12.2. The predicted octanol–water partition coefficient (Wildman–Crippen LogP) is 0.316. The van der Waals surface area contributed by atoms with E-state index in [0.717, 1.165) is 0 Å². The van der Waals surface area contributed by atoms with Crippen LogP contribution in [0.3, 0.4) is 0 Å². The van der Waals surface area contributed by atoms with E-state index in [4.69, 9.17) is 9.84 Å². The first-order valence-corrected chi connectivity index (χ1v) is 8.17. The van der Waals surface area contributed by atoms with E-state index in [1.54, 1.807) is 0 Å². The van der Waals surface area contributed by atoms with Gasteiger partial charge in [-0.2, -0.15) is 0 Å². The van der Waals surface area contributed by atoms with Crippen LogP contribution in [0.4, 0.5) is 19.4 Å². The van der Waals surface area contributed by atoms with E-state index in [1.807, 2.05) is 0 Å². The molecule has 1 aliphatic rings. The minimum Gasteiger partial charge on any atom is -0.470 e. The topological polar surface area (TPSA) is 132 Å². The first-order valence-electron chi connectivity index (χ1n) is 8.17. The normalized spacial score (nSPS) is 16.7. The van der Waals surface area contributed by atoms with Crippen molar-refractivity contribution in [2.75, 3.05) is 31.6 Å². The molecule has 2 aromatic rings. The number of carbonyl (C=O) groups excluding carboxylic acids is 2. The molecule has 1 atom stereocenters. The Morgan fingerprint density at radius 3 is 3.04 bits per heavy atom. The van der Waals surface area contributed by atoms with Gasteiger partial charge in [-0.1, -0.05) is 0 Å². The fraction of sp³-hybridized carbons (Fsp3) is 0.467. The molecular weight excluding hydrogens is 366 g/mol. The van der Waals surface area contributed by atoms with Gasteiger partial charge >= 0.3 is 6.03 Å². The fourth-order valence-electron chi connectivity index (χ4n) is 2.75. The number of nitrogens with one attached hydrogen (secondary N) is 3. The van der Waals surface area contributed by atoms with Gasteiger partial charge in [0, 0.05) is 31.4 Å². The summed E-state index contributed by atoms with van der Waals surface area (Å²) in [7, 11) is 0. The molecule has 0 radical (unpaired) electrons. The molecule has 12 heteroatoms. The van der Waals surface area contributed by atoms with Gasteiger partial charge in [-0.05, 0) is 6.42 Å². The minimum absolute atomic E-state index is 0.00778. The number of aliphatic hydroxyl groups excluding tert-OH is 1. The van der Waals surface area contributed by atoms with Crippen LogP contribution in [0.25, 0.3) is 10.9 Å². The zero-order valence-electron chi connectivity index (χ0n) is 14.1. The van der Waals surface area contributed by atoms with Crippen LogP contribution in [-0.4, -0.2) is 75.9 Å². The summed E-state index contributed by atoms with van der Waals surface area (Å²) in [4.78, 5) is 29.0. The smallest absolute Gasteiger partial charge is 0.320 e. The molecule has 2 aromatic heterocycles. The number of likely N-dealkylation sites (tertiary alicyclic amines) is 1. The molecule has 1 saturated heterocycles. The van der Waals surface area contributed by atoms with Crippen molar-refractivity contribution in [2.24, 2.45) is 0 Å². The Kier molecular flexibility index (Phi) is 5.64. The van der Waals surface area contributed by atoms with Gasteiger partial charge in [-0.25, -0.2) is 18.6 Å². The van der Waals surface area contributed by atoms with Crippen LogP contribution in [0.15, 0.2) is 12.3 Å². The summed E-state index contributed by atoms with van der Waals surface area (Å²) in [5.74, 6) is -0.144. The first kappa shape index (κ1) is 18.8. The van der Waals surface area contributed by atoms with Crippen molar-refractivity contribution in [3.8, 4) is 5.88 Å². The summed E-state index contributed by atoms with van der Waals surface area (Å²) in [5, 5.41) is 21.0. The zero-order chi connectivity index (χ0) is 19.4. The average molecular weight is 384 g/mol. The SMILES string of the molecule is O=C(Nc1cc2[nH]nc(OCC(F)F)c2cn1)N[C@@H]1CCN(C(=O)CO)C1. The highest BCUT2D eigenvalue weighted by atomic mass is 19.3. The minimum atomic E-state index is -2.62. The van der Waals surface area contributed by atoms with Crippen molar-refractivity contribution in [2.45, 2.75) is 18.9 Å². The van der Waals surface area contributed by atoms with Crippen molar-refractivity contribution in [1.29, 1.82) is 0 Å². The third-order valence-electron chi connectivity index (χ3n) is 4.01. The molecule has 0 spiro atoms. The molecule has 27 heavy (non-hydrogen) atoms. The Balaban J connectivity index is 1.57. The summed E-state index contributed by atoms with van der Waals surface area (Å²) in [6, 6.07) is 0.762. The third-order valence-corrected chi connectivity index (χ3v) is 4.01. The maximum absolute atomic E-state index is 12.2. The Hall–Kier alpha value is -3.02. The maximum Gasteiger partial charge on any atom is 0.320 e. The molecular formula is C15H18F2N6O4. The lowest BCUT2D eigenvalue weighted by molar-refractivity contribution is -0.133. The molecule has 146 valence electrons. The number of carbonyl (C=O) groups is 2. The van der Waals surface area contributed by atoms with E-state index in [-0.39, 0.29) is 23.6 Å². The molecule has 0 bridgehead atoms. The van der Waals surface area contributed by atoms with Gasteiger partial charge in [0.05, 0.1) is 10.9 Å². The van der Waals surface area contributed by atoms with Gasteiger partial charge in [0.2, 0.25) is 11.8 Å². The van der Waals surface area contributed by atoms with E-state index in [1.165, 1.54) is 17.2 Å². The van der Waals surface area contributed by atoms with Crippen LogP contribution < -0.4 is 15.4 Å². The number of rotatable bonds is 6. The molecule has 0 aliphatic carbocycles. The highest BCUT2D eigenvalue weighted by Crippen LogP contribution is 2.23. The van der Waals surface area contributed by atoms with Crippen molar-refractivity contribution in [3.63, 3.8) is 0 Å². The lowest BCUT2D eigenvalue weighted by Crippen LogP contribution is -2.41. The molecule has 3 rings (SSSR count). The average Bonchev–Trinajstić information content (AvgIpc) is 3.25. The van der Waals surface area contributed by atoms with Crippen molar-refractivity contribution < 1.29 is 28.2 Å². The van der Waals surface area contributed by atoms with Crippen LogP contribution in [0.2, 0.25) is 0 Å². The number of H-pyrrole nitrogens is 1. The number of aromatic nitrogens is 3. The highest BCUT2D eigenvalue weighted by Gasteiger charge is 2.26. The molecule has 1 fully saturated rings. The Bertz CT molecular complexity index is 830. The Labute approximate surface area is 151 Å². The van der Waals surface area contributed by atoms with Gasteiger partial charge in [-0.3, -0.25) is 15.2 Å². The number of aliphatic hydroxyl groups is 1. The Morgan fingerprint density at radius 1 is 1.48 bits per heavy atom. The summed E-state index contributed by atoms with van der Waals surface area (Å²) < 4.78 is 29.3. The molecule has 10 nitrogen and oxygen atoms in total. The fourth-order valence-corrected chi connectivity index (χ4v) is 2.75. The molecule has 0 aromatic carbocycles. The standard InChI is InChI=1S/C15H18F2N6O4/c16-11(17)7-27-14-9-4-18-12(3-10(9)21-22-14)20-15(26)19-8-1-2-23(5-8)13(25)6-24/h3-4,8,11,24H,1-2,5-7H2,(H,21,22)(H2,18,19,20,26)/t8-/m1/s1. The molecule has 3 amide bonds. The molecule has 4 N–H and O–H groups in total. The lowest BCUT2D eigenvalue weighted by Gasteiger charge is -2.16. The Morgan fingerprint density at radius 2 is 2.30 bits per heavy atom. The number of amides is 3. The van der Waals surface area contributed by atoms with E-state index in [2.05, 4.69) is 25.8 Å². The lowest BCUT2D eigenvalue weighted by atomic mass is 10.3. The number of aromatic amines is 1. The van der Waals surface area contributed by atoms with Gasteiger partial charge in [0.15, 0.2) is 6.61 Å². The van der Waals surface area contributed by atoms with Crippen molar-refractivity contribution >= 4 is 28.7 Å². The molecule has 1 aliphatic heterocycles. The predicted molar refractivity (Wildman–Crippen MR) is 89.6 cm³/mol. The third kappa shape index (κ3) is 4.58. The van der Waals surface area contributed by atoms with E-state index >= 15 is 0 Å².